The lowest BCUT2D eigenvalue weighted by molar-refractivity contribution is -0.113. The van der Waals surface area contributed by atoms with Crippen LogP contribution in [0.1, 0.15) is 13.8 Å². The second-order valence-corrected chi connectivity index (χ2v) is 2.61. The summed E-state index contributed by atoms with van der Waals surface area (Å²) in [5.41, 5.74) is 1.57. The summed E-state index contributed by atoms with van der Waals surface area (Å²) in [6, 6.07) is 0. The number of allylic oxidation sites excluding steroid dienone is 3. The van der Waals surface area contributed by atoms with Crippen molar-refractivity contribution in [1.82, 2.24) is 0 Å². The Hall–Kier alpha value is -0.850. The van der Waals surface area contributed by atoms with Gasteiger partial charge in [0.15, 0.2) is 5.78 Å². The van der Waals surface area contributed by atoms with E-state index < -0.39 is 0 Å². The molecular formula is C8H10O. The maximum Gasteiger partial charge on any atom is 0.188 e. The summed E-state index contributed by atoms with van der Waals surface area (Å²) in [5, 5.41) is 0. The van der Waals surface area contributed by atoms with E-state index in [2.05, 4.69) is 6.58 Å². The third kappa shape index (κ3) is 0.826. The number of hydrogen-bond acceptors (Lipinski definition) is 1. The van der Waals surface area contributed by atoms with Crippen LogP contribution in [0, 0.1) is 5.92 Å². The quantitative estimate of drug-likeness (QED) is 0.484. The zero-order valence-corrected chi connectivity index (χ0v) is 5.77. The van der Waals surface area contributed by atoms with E-state index in [1.165, 1.54) is 0 Å². The van der Waals surface area contributed by atoms with E-state index >= 15 is 0 Å². The van der Waals surface area contributed by atoms with Gasteiger partial charge in [0.2, 0.25) is 0 Å². The first kappa shape index (κ1) is 6.27. The molecule has 0 aromatic carbocycles. The molecule has 1 nitrogen and oxygen atoms in total. The molecule has 0 saturated carbocycles. The van der Waals surface area contributed by atoms with E-state index in [1.54, 1.807) is 0 Å². The van der Waals surface area contributed by atoms with Gasteiger partial charge in [-0.2, -0.15) is 0 Å². The van der Waals surface area contributed by atoms with Crippen LogP contribution in [0.3, 0.4) is 0 Å². The molecular weight excluding hydrogens is 112 g/mol. The first-order chi connectivity index (χ1) is 4.13. The first-order valence-corrected chi connectivity index (χ1v) is 3.08. The normalized spacial score (nSPS) is 17.9. The standard InChI is InChI=1S/C8H10O/c1-5(2)7-4-6(3)8(7)9/h4-5H,3H2,1-2H3. The smallest absolute Gasteiger partial charge is 0.188 e. The molecule has 0 heterocycles. The van der Waals surface area contributed by atoms with Crippen molar-refractivity contribution < 1.29 is 4.79 Å². The number of carbonyl (C=O) groups is 1. The fourth-order valence-corrected chi connectivity index (χ4v) is 0.855. The van der Waals surface area contributed by atoms with Gasteiger partial charge in [0, 0.05) is 11.1 Å². The number of carbonyl (C=O) groups excluding carboxylic acids is 1. The number of ketones is 1. The molecule has 0 fully saturated rings. The number of rotatable bonds is 1. The molecule has 0 N–H and O–H groups in total. The zero-order valence-electron chi connectivity index (χ0n) is 5.77. The Bertz CT molecular complexity index is 197. The minimum absolute atomic E-state index is 0.144. The van der Waals surface area contributed by atoms with E-state index in [0.717, 1.165) is 5.57 Å². The molecule has 0 amide bonds. The van der Waals surface area contributed by atoms with Crippen molar-refractivity contribution in [2.45, 2.75) is 13.8 Å². The van der Waals surface area contributed by atoms with Crippen molar-refractivity contribution in [2.75, 3.05) is 0 Å². The summed E-state index contributed by atoms with van der Waals surface area (Å²) >= 11 is 0. The molecule has 0 bridgehead atoms. The van der Waals surface area contributed by atoms with Crippen molar-refractivity contribution in [2.24, 2.45) is 5.92 Å². The van der Waals surface area contributed by atoms with Gasteiger partial charge in [-0.15, -0.1) is 0 Å². The highest BCUT2D eigenvalue weighted by molar-refractivity contribution is 6.17. The van der Waals surface area contributed by atoms with E-state index in [0.29, 0.717) is 11.5 Å². The van der Waals surface area contributed by atoms with Gasteiger partial charge in [-0.25, -0.2) is 0 Å². The fourth-order valence-electron chi connectivity index (χ4n) is 0.855. The Morgan fingerprint density at radius 3 is 2.22 bits per heavy atom. The molecule has 0 unspecified atom stereocenters. The van der Waals surface area contributed by atoms with Crippen LogP contribution in [0.4, 0.5) is 0 Å². The van der Waals surface area contributed by atoms with E-state index in [9.17, 15) is 4.79 Å². The second-order valence-electron chi connectivity index (χ2n) is 2.61. The topological polar surface area (TPSA) is 17.1 Å². The molecule has 1 aliphatic carbocycles. The zero-order chi connectivity index (χ0) is 7.02. The van der Waals surface area contributed by atoms with Gasteiger partial charge in [-0.3, -0.25) is 4.79 Å². The van der Waals surface area contributed by atoms with Crippen molar-refractivity contribution in [3.8, 4) is 0 Å². The van der Waals surface area contributed by atoms with Gasteiger partial charge in [0.1, 0.15) is 0 Å². The Labute approximate surface area is 55.1 Å². The molecule has 1 aliphatic rings. The Morgan fingerprint density at radius 1 is 1.56 bits per heavy atom. The maximum atomic E-state index is 10.8. The van der Waals surface area contributed by atoms with Crippen molar-refractivity contribution in [3.63, 3.8) is 0 Å². The van der Waals surface area contributed by atoms with Gasteiger partial charge >= 0.3 is 0 Å². The van der Waals surface area contributed by atoms with E-state index in [-0.39, 0.29) is 5.78 Å². The van der Waals surface area contributed by atoms with Crippen LogP contribution in [0.25, 0.3) is 0 Å². The van der Waals surface area contributed by atoms with Gasteiger partial charge in [0.25, 0.3) is 0 Å². The molecule has 1 heteroatoms. The van der Waals surface area contributed by atoms with Gasteiger partial charge in [-0.1, -0.05) is 20.4 Å². The predicted molar refractivity (Wildman–Crippen MR) is 37.1 cm³/mol. The van der Waals surface area contributed by atoms with Crippen molar-refractivity contribution >= 4 is 5.78 Å². The minimum atomic E-state index is 0.144. The van der Waals surface area contributed by atoms with Crippen LogP contribution < -0.4 is 0 Å². The van der Waals surface area contributed by atoms with Crippen LogP contribution in [-0.4, -0.2) is 5.78 Å². The summed E-state index contributed by atoms with van der Waals surface area (Å²) in [5.74, 6) is 0.507. The predicted octanol–water partition coefficient (Wildman–Crippen LogP) is 1.71. The van der Waals surface area contributed by atoms with Crippen LogP contribution in [0.15, 0.2) is 23.8 Å². The van der Waals surface area contributed by atoms with Crippen molar-refractivity contribution in [3.05, 3.63) is 23.8 Å². The monoisotopic (exact) mass is 122 g/mol. The second kappa shape index (κ2) is 1.83. The average Bonchev–Trinajstić information content (AvgIpc) is 1.81. The summed E-state index contributed by atoms with van der Waals surface area (Å²) in [6.07, 6.45) is 1.85. The maximum absolute atomic E-state index is 10.8. The molecule has 0 aromatic heterocycles. The van der Waals surface area contributed by atoms with Crippen LogP contribution >= 0.6 is 0 Å². The molecule has 0 aromatic rings. The molecule has 0 spiro atoms. The SMILES string of the molecule is C=C1C=C(C(C)C)C1=O. The lowest BCUT2D eigenvalue weighted by Crippen LogP contribution is -2.18. The van der Waals surface area contributed by atoms with E-state index in [4.69, 9.17) is 0 Å². The Morgan fingerprint density at radius 2 is 2.11 bits per heavy atom. The molecule has 1 rings (SSSR count). The third-order valence-electron chi connectivity index (χ3n) is 1.51. The van der Waals surface area contributed by atoms with Gasteiger partial charge < -0.3 is 0 Å². The molecule has 9 heavy (non-hydrogen) atoms. The summed E-state index contributed by atoms with van der Waals surface area (Å²) in [7, 11) is 0. The van der Waals surface area contributed by atoms with E-state index in [1.807, 2.05) is 19.9 Å². The van der Waals surface area contributed by atoms with Crippen LogP contribution in [0.5, 0.6) is 0 Å². The Kier molecular flexibility index (Phi) is 1.28. The average molecular weight is 122 g/mol. The van der Waals surface area contributed by atoms with Crippen molar-refractivity contribution in [1.29, 1.82) is 0 Å². The van der Waals surface area contributed by atoms with Crippen LogP contribution in [-0.2, 0) is 4.79 Å². The van der Waals surface area contributed by atoms with Gasteiger partial charge in [0.05, 0.1) is 0 Å². The van der Waals surface area contributed by atoms with Crippen LogP contribution in [0.2, 0.25) is 0 Å². The highest BCUT2D eigenvalue weighted by atomic mass is 16.1. The lowest BCUT2D eigenvalue weighted by Gasteiger charge is -2.18. The minimum Gasteiger partial charge on any atom is -0.289 e. The molecule has 0 atom stereocenters. The molecule has 48 valence electrons. The summed E-state index contributed by atoms with van der Waals surface area (Å²) < 4.78 is 0. The highest BCUT2D eigenvalue weighted by Gasteiger charge is 2.23. The Balaban J connectivity index is 2.79. The molecule has 0 aliphatic heterocycles. The number of hydrogen-bond donors (Lipinski definition) is 0. The van der Waals surface area contributed by atoms with Gasteiger partial charge in [-0.05, 0) is 12.0 Å². The third-order valence-corrected chi connectivity index (χ3v) is 1.51. The largest absolute Gasteiger partial charge is 0.289 e. The fraction of sp³-hybridized carbons (Fsp3) is 0.375. The molecule has 0 radical (unpaired) electrons. The summed E-state index contributed by atoms with van der Waals surface area (Å²) in [4.78, 5) is 10.8. The first-order valence-electron chi connectivity index (χ1n) is 3.08. The summed E-state index contributed by atoms with van der Waals surface area (Å²) in [6.45, 7) is 7.57. The lowest BCUT2D eigenvalue weighted by atomic mass is 9.85. The number of Topliss-reactive ketones (excluding diaryl/α,β-unsaturated/α-hetero) is 1. The molecule has 0 saturated heterocycles. The highest BCUT2D eigenvalue weighted by Crippen LogP contribution is 2.25.